The monoisotopic (exact) mass is 221 g/mol. The Bertz CT molecular complexity index is 504. The van der Waals surface area contributed by atoms with Crippen molar-refractivity contribution >= 4 is 11.0 Å². The molecule has 2 rings (SSSR count). The molecule has 86 valence electrons. The SMILES string of the molecule is CC(CCN)c1nc2cc(F)ccc2n1C. The summed E-state index contributed by atoms with van der Waals surface area (Å²) in [4.78, 5) is 4.46. The molecule has 1 unspecified atom stereocenters. The van der Waals surface area contributed by atoms with Gasteiger partial charge in [0.2, 0.25) is 0 Å². The lowest BCUT2D eigenvalue weighted by Crippen LogP contribution is -2.08. The first kappa shape index (κ1) is 11.1. The van der Waals surface area contributed by atoms with E-state index in [0.717, 1.165) is 17.8 Å². The van der Waals surface area contributed by atoms with Crippen LogP contribution in [0.25, 0.3) is 11.0 Å². The van der Waals surface area contributed by atoms with E-state index in [1.807, 2.05) is 11.6 Å². The van der Waals surface area contributed by atoms with Gasteiger partial charge in [-0.3, -0.25) is 0 Å². The molecule has 0 aliphatic rings. The lowest BCUT2D eigenvalue weighted by atomic mass is 10.1. The van der Waals surface area contributed by atoms with Crippen LogP contribution < -0.4 is 5.73 Å². The quantitative estimate of drug-likeness (QED) is 0.863. The van der Waals surface area contributed by atoms with Gasteiger partial charge in [-0.2, -0.15) is 0 Å². The van der Waals surface area contributed by atoms with Crippen molar-refractivity contribution in [2.24, 2.45) is 12.8 Å². The minimum atomic E-state index is -0.247. The number of fused-ring (bicyclic) bond motifs is 1. The molecule has 1 aromatic heterocycles. The number of nitrogens with two attached hydrogens (primary N) is 1. The van der Waals surface area contributed by atoms with Gasteiger partial charge in [0, 0.05) is 19.0 Å². The Kier molecular flexibility index (Phi) is 2.92. The van der Waals surface area contributed by atoms with Crippen LogP contribution in [0.1, 0.15) is 25.1 Å². The van der Waals surface area contributed by atoms with Gasteiger partial charge in [0.25, 0.3) is 0 Å². The van der Waals surface area contributed by atoms with E-state index in [2.05, 4.69) is 11.9 Å². The molecule has 0 saturated heterocycles. The van der Waals surface area contributed by atoms with Crippen molar-refractivity contribution in [3.05, 3.63) is 29.8 Å². The Morgan fingerprint density at radius 3 is 2.94 bits per heavy atom. The number of hydrogen-bond acceptors (Lipinski definition) is 2. The largest absolute Gasteiger partial charge is 0.331 e. The van der Waals surface area contributed by atoms with E-state index in [1.165, 1.54) is 12.1 Å². The molecule has 2 N–H and O–H groups in total. The summed E-state index contributed by atoms with van der Waals surface area (Å²) in [7, 11) is 1.95. The van der Waals surface area contributed by atoms with Gasteiger partial charge < -0.3 is 10.3 Å². The summed E-state index contributed by atoms with van der Waals surface area (Å²) in [5.41, 5.74) is 7.21. The minimum absolute atomic E-state index is 0.247. The zero-order valence-corrected chi connectivity index (χ0v) is 9.57. The molecule has 0 aliphatic carbocycles. The fraction of sp³-hybridized carbons (Fsp3) is 0.417. The first-order valence-corrected chi connectivity index (χ1v) is 5.45. The maximum absolute atomic E-state index is 13.1. The van der Waals surface area contributed by atoms with Crippen LogP contribution >= 0.6 is 0 Å². The summed E-state index contributed by atoms with van der Waals surface area (Å²) in [6, 6.07) is 4.69. The Morgan fingerprint density at radius 2 is 2.25 bits per heavy atom. The maximum atomic E-state index is 13.1. The third-order valence-electron chi connectivity index (χ3n) is 2.92. The van der Waals surface area contributed by atoms with E-state index in [1.54, 1.807) is 6.07 Å². The maximum Gasteiger partial charge on any atom is 0.125 e. The van der Waals surface area contributed by atoms with E-state index in [-0.39, 0.29) is 5.82 Å². The van der Waals surface area contributed by atoms with Gasteiger partial charge >= 0.3 is 0 Å². The van der Waals surface area contributed by atoms with Crippen LogP contribution in [0, 0.1) is 5.82 Å². The van der Waals surface area contributed by atoms with Crippen LogP contribution in [0.15, 0.2) is 18.2 Å². The molecule has 0 aliphatic heterocycles. The summed E-state index contributed by atoms with van der Waals surface area (Å²) >= 11 is 0. The lowest BCUT2D eigenvalue weighted by Gasteiger charge is -2.09. The predicted octanol–water partition coefficient (Wildman–Crippen LogP) is 2.16. The van der Waals surface area contributed by atoms with Crippen LogP contribution in [0.2, 0.25) is 0 Å². The average molecular weight is 221 g/mol. The van der Waals surface area contributed by atoms with E-state index in [0.29, 0.717) is 18.0 Å². The summed E-state index contributed by atoms with van der Waals surface area (Å²) in [6.07, 6.45) is 0.889. The zero-order chi connectivity index (χ0) is 11.7. The van der Waals surface area contributed by atoms with Crippen LogP contribution in [0.3, 0.4) is 0 Å². The highest BCUT2D eigenvalue weighted by atomic mass is 19.1. The summed E-state index contributed by atoms with van der Waals surface area (Å²) in [6.45, 7) is 2.73. The first-order valence-electron chi connectivity index (χ1n) is 5.45. The fourth-order valence-corrected chi connectivity index (χ4v) is 2.01. The second kappa shape index (κ2) is 4.22. The number of aryl methyl sites for hydroxylation is 1. The lowest BCUT2D eigenvalue weighted by molar-refractivity contribution is 0.624. The molecule has 0 amide bonds. The normalized spacial score (nSPS) is 13.2. The molecule has 0 bridgehead atoms. The van der Waals surface area contributed by atoms with Crippen molar-refractivity contribution in [2.45, 2.75) is 19.3 Å². The molecule has 1 aromatic carbocycles. The Hall–Kier alpha value is -1.42. The molecule has 2 aromatic rings. The molecule has 4 heteroatoms. The second-order valence-electron chi connectivity index (χ2n) is 4.14. The first-order chi connectivity index (χ1) is 7.63. The van der Waals surface area contributed by atoms with E-state index >= 15 is 0 Å². The van der Waals surface area contributed by atoms with Gasteiger partial charge in [-0.1, -0.05) is 6.92 Å². The molecule has 0 radical (unpaired) electrons. The topological polar surface area (TPSA) is 43.8 Å². The van der Waals surface area contributed by atoms with Gasteiger partial charge in [-0.05, 0) is 25.1 Å². The second-order valence-corrected chi connectivity index (χ2v) is 4.14. The molecule has 0 fully saturated rings. The number of imidazole rings is 1. The molecular formula is C12H16FN3. The molecule has 1 atom stereocenters. The van der Waals surface area contributed by atoms with E-state index < -0.39 is 0 Å². The highest BCUT2D eigenvalue weighted by molar-refractivity contribution is 5.76. The van der Waals surface area contributed by atoms with Crippen LogP contribution in [-0.4, -0.2) is 16.1 Å². The van der Waals surface area contributed by atoms with E-state index in [9.17, 15) is 4.39 Å². The molecule has 0 saturated carbocycles. The number of nitrogens with zero attached hydrogens (tertiary/aromatic N) is 2. The van der Waals surface area contributed by atoms with Crippen molar-refractivity contribution in [3.8, 4) is 0 Å². The Morgan fingerprint density at radius 1 is 1.50 bits per heavy atom. The van der Waals surface area contributed by atoms with Crippen molar-refractivity contribution < 1.29 is 4.39 Å². The van der Waals surface area contributed by atoms with Crippen LogP contribution in [0.5, 0.6) is 0 Å². The summed E-state index contributed by atoms with van der Waals surface area (Å²) in [5.74, 6) is 1.01. The van der Waals surface area contributed by atoms with Crippen molar-refractivity contribution in [1.82, 2.24) is 9.55 Å². The highest BCUT2D eigenvalue weighted by Gasteiger charge is 2.13. The van der Waals surface area contributed by atoms with E-state index in [4.69, 9.17) is 5.73 Å². The van der Waals surface area contributed by atoms with Crippen LogP contribution in [0.4, 0.5) is 4.39 Å². The molecule has 1 heterocycles. The van der Waals surface area contributed by atoms with Gasteiger partial charge in [0.15, 0.2) is 0 Å². The van der Waals surface area contributed by atoms with Gasteiger partial charge in [0.1, 0.15) is 11.6 Å². The summed E-state index contributed by atoms with van der Waals surface area (Å²) in [5, 5.41) is 0. The standard InChI is InChI=1S/C12H16FN3/c1-8(5-6-14)12-15-10-7-9(13)3-4-11(10)16(12)2/h3-4,7-8H,5-6,14H2,1-2H3. The zero-order valence-electron chi connectivity index (χ0n) is 9.57. The number of aromatic nitrogens is 2. The molecule has 3 nitrogen and oxygen atoms in total. The molecular weight excluding hydrogens is 205 g/mol. The predicted molar refractivity (Wildman–Crippen MR) is 62.8 cm³/mol. The Balaban J connectivity index is 2.51. The van der Waals surface area contributed by atoms with Gasteiger partial charge in [-0.15, -0.1) is 0 Å². The average Bonchev–Trinajstić information content (AvgIpc) is 2.56. The number of halogens is 1. The smallest absolute Gasteiger partial charge is 0.125 e. The van der Waals surface area contributed by atoms with Crippen molar-refractivity contribution in [2.75, 3.05) is 6.54 Å². The minimum Gasteiger partial charge on any atom is -0.331 e. The highest BCUT2D eigenvalue weighted by Crippen LogP contribution is 2.23. The number of rotatable bonds is 3. The van der Waals surface area contributed by atoms with Crippen molar-refractivity contribution in [3.63, 3.8) is 0 Å². The van der Waals surface area contributed by atoms with Crippen LogP contribution in [-0.2, 0) is 7.05 Å². The Labute approximate surface area is 94.1 Å². The fourth-order valence-electron chi connectivity index (χ4n) is 2.01. The number of hydrogen-bond donors (Lipinski definition) is 1. The molecule has 0 spiro atoms. The summed E-state index contributed by atoms with van der Waals surface area (Å²) < 4.78 is 15.1. The van der Waals surface area contributed by atoms with Crippen molar-refractivity contribution in [1.29, 1.82) is 0 Å². The third kappa shape index (κ3) is 1.80. The molecule has 16 heavy (non-hydrogen) atoms. The third-order valence-corrected chi connectivity index (χ3v) is 2.92. The number of benzene rings is 1. The van der Waals surface area contributed by atoms with Gasteiger partial charge in [0.05, 0.1) is 11.0 Å². The van der Waals surface area contributed by atoms with Gasteiger partial charge in [-0.25, -0.2) is 9.37 Å².